The molecule has 20 heavy (non-hydrogen) atoms. The van der Waals surface area contributed by atoms with Gasteiger partial charge in [0.05, 0.1) is 4.90 Å². The molecule has 0 fully saturated rings. The molecular formula is C14H14N2O3S. The smallest absolute Gasteiger partial charge is 0.136 e. The number of hydrogen-bond donors (Lipinski definition) is 3. The monoisotopic (exact) mass is 290 g/mol. The lowest BCUT2D eigenvalue weighted by molar-refractivity contribution is 0.434. The second-order valence-corrected chi connectivity index (χ2v) is 6.18. The zero-order chi connectivity index (χ0) is 14.3. The number of rotatable bonds is 2. The fraction of sp³-hybridized carbons (Fsp3) is 0.143. The van der Waals surface area contributed by atoms with Gasteiger partial charge < -0.3 is 15.9 Å². The van der Waals surface area contributed by atoms with E-state index in [-0.39, 0.29) is 11.5 Å². The van der Waals surface area contributed by atoms with Gasteiger partial charge in [-0.15, -0.1) is 0 Å². The Bertz CT molecular complexity index is 703. The van der Waals surface area contributed by atoms with Crippen molar-refractivity contribution in [3.05, 3.63) is 47.5 Å². The van der Waals surface area contributed by atoms with Crippen LogP contribution < -0.4 is 5.73 Å². The number of anilines is 1. The van der Waals surface area contributed by atoms with Crippen molar-refractivity contribution < 1.29 is 14.4 Å². The third-order valence-electron chi connectivity index (χ3n) is 3.29. The lowest BCUT2D eigenvalue weighted by Crippen LogP contribution is -2.19. The van der Waals surface area contributed by atoms with E-state index in [1.54, 1.807) is 4.31 Å². The average Bonchev–Trinajstić information content (AvgIpc) is 2.81. The maximum absolute atomic E-state index is 12.5. The predicted octanol–water partition coefficient (Wildman–Crippen LogP) is 1.72. The molecule has 104 valence electrons. The molecule has 0 amide bonds. The van der Waals surface area contributed by atoms with Crippen molar-refractivity contribution in [2.75, 3.05) is 5.73 Å². The predicted molar refractivity (Wildman–Crippen MR) is 76.3 cm³/mol. The molecule has 1 heterocycles. The van der Waals surface area contributed by atoms with E-state index in [2.05, 4.69) is 0 Å². The van der Waals surface area contributed by atoms with Gasteiger partial charge in [-0.25, -0.2) is 8.51 Å². The third-order valence-corrected chi connectivity index (χ3v) is 4.74. The number of aromatic hydroxyl groups is 2. The van der Waals surface area contributed by atoms with Crippen molar-refractivity contribution in [1.82, 2.24) is 4.31 Å². The molecule has 1 aliphatic heterocycles. The number of nitrogens with two attached hydrogens (primary N) is 1. The van der Waals surface area contributed by atoms with Crippen LogP contribution in [0, 0.1) is 0 Å². The maximum Gasteiger partial charge on any atom is 0.136 e. The summed E-state index contributed by atoms with van der Waals surface area (Å²) in [6.45, 7) is 1.07. The topological polar surface area (TPSA) is 86.8 Å². The molecule has 1 aliphatic rings. The van der Waals surface area contributed by atoms with Gasteiger partial charge in [0.1, 0.15) is 22.5 Å². The number of nitrogens with zero attached hydrogens (tertiary/aromatic N) is 1. The van der Waals surface area contributed by atoms with E-state index in [4.69, 9.17) is 5.73 Å². The van der Waals surface area contributed by atoms with Gasteiger partial charge in [-0.3, -0.25) is 0 Å². The summed E-state index contributed by atoms with van der Waals surface area (Å²) in [7, 11) is -1.48. The molecule has 5 nitrogen and oxygen atoms in total. The van der Waals surface area contributed by atoms with Crippen LogP contribution in [-0.4, -0.2) is 18.7 Å². The fourth-order valence-corrected chi connectivity index (χ4v) is 3.51. The molecule has 0 saturated carbocycles. The van der Waals surface area contributed by atoms with Crippen molar-refractivity contribution >= 4 is 16.7 Å². The van der Waals surface area contributed by atoms with Crippen LogP contribution in [0.5, 0.6) is 11.5 Å². The zero-order valence-corrected chi connectivity index (χ0v) is 11.4. The highest BCUT2D eigenvalue weighted by atomic mass is 32.2. The lowest BCUT2D eigenvalue weighted by Gasteiger charge is -2.14. The molecule has 0 aromatic heterocycles. The number of benzene rings is 2. The molecule has 3 rings (SSSR count). The van der Waals surface area contributed by atoms with Gasteiger partial charge >= 0.3 is 0 Å². The Kier molecular flexibility index (Phi) is 3.11. The molecule has 1 atom stereocenters. The number of phenols is 2. The standard InChI is InChI=1S/C14H14N2O3S/c15-11-2-1-9-7-16(8-10(9)5-11)20(19)14-4-3-12(17)6-13(14)18/h1-6,17-18H,7-8,15H2. The van der Waals surface area contributed by atoms with Crippen LogP contribution in [0.25, 0.3) is 0 Å². The summed E-state index contributed by atoms with van der Waals surface area (Å²) in [4.78, 5) is 0.295. The first-order valence-corrected chi connectivity index (χ1v) is 7.21. The van der Waals surface area contributed by atoms with Crippen LogP contribution in [0.2, 0.25) is 0 Å². The summed E-state index contributed by atoms with van der Waals surface area (Å²) in [5.41, 5.74) is 8.57. The Morgan fingerprint density at radius 1 is 1.05 bits per heavy atom. The zero-order valence-electron chi connectivity index (χ0n) is 10.6. The molecule has 0 bridgehead atoms. The molecule has 4 N–H and O–H groups in total. The minimum Gasteiger partial charge on any atom is -0.508 e. The van der Waals surface area contributed by atoms with Crippen LogP contribution in [-0.2, 0) is 24.1 Å². The van der Waals surface area contributed by atoms with E-state index in [1.807, 2.05) is 18.2 Å². The Labute approximate surface area is 118 Å². The molecule has 0 radical (unpaired) electrons. The SMILES string of the molecule is Nc1ccc2c(c1)CN(S(=O)c1ccc(O)cc1O)C2. The van der Waals surface area contributed by atoms with Crippen molar-refractivity contribution in [2.24, 2.45) is 0 Å². The highest BCUT2D eigenvalue weighted by Crippen LogP contribution is 2.32. The van der Waals surface area contributed by atoms with Crippen LogP contribution in [0.4, 0.5) is 5.69 Å². The third kappa shape index (κ3) is 2.23. The van der Waals surface area contributed by atoms with E-state index < -0.39 is 11.0 Å². The van der Waals surface area contributed by atoms with Crippen molar-refractivity contribution in [1.29, 1.82) is 0 Å². The first kappa shape index (κ1) is 13.0. The van der Waals surface area contributed by atoms with Gasteiger partial charge in [-0.05, 0) is 35.4 Å². The van der Waals surface area contributed by atoms with E-state index in [9.17, 15) is 14.4 Å². The van der Waals surface area contributed by atoms with Gasteiger partial charge in [0, 0.05) is 24.8 Å². The minimum atomic E-state index is -1.48. The first-order valence-electron chi connectivity index (χ1n) is 6.10. The number of fused-ring (bicyclic) bond motifs is 1. The van der Waals surface area contributed by atoms with Crippen LogP contribution in [0.1, 0.15) is 11.1 Å². The van der Waals surface area contributed by atoms with Gasteiger partial charge in [-0.2, -0.15) is 0 Å². The molecule has 0 aliphatic carbocycles. The fourth-order valence-electron chi connectivity index (χ4n) is 2.29. The maximum atomic E-state index is 12.5. The first-order chi connectivity index (χ1) is 9.54. The van der Waals surface area contributed by atoms with Crippen LogP contribution in [0.3, 0.4) is 0 Å². The molecule has 0 saturated heterocycles. The molecule has 6 heteroatoms. The quantitative estimate of drug-likeness (QED) is 0.735. The van der Waals surface area contributed by atoms with E-state index in [1.165, 1.54) is 18.2 Å². The molecule has 1 unspecified atom stereocenters. The Balaban J connectivity index is 1.87. The van der Waals surface area contributed by atoms with Gasteiger partial charge in [0.25, 0.3) is 0 Å². The number of hydrogen-bond acceptors (Lipinski definition) is 4. The number of phenolic OH excluding ortho intramolecular Hbond substituents is 2. The van der Waals surface area contributed by atoms with Gasteiger partial charge in [0.15, 0.2) is 0 Å². The van der Waals surface area contributed by atoms with Gasteiger partial charge in [-0.1, -0.05) is 6.07 Å². The minimum absolute atomic E-state index is 0.0549. The summed E-state index contributed by atoms with van der Waals surface area (Å²) in [6, 6.07) is 9.70. The summed E-state index contributed by atoms with van der Waals surface area (Å²) >= 11 is 0. The van der Waals surface area contributed by atoms with Crippen molar-refractivity contribution in [3.8, 4) is 11.5 Å². The Morgan fingerprint density at radius 3 is 2.55 bits per heavy atom. The van der Waals surface area contributed by atoms with E-state index >= 15 is 0 Å². The highest BCUT2D eigenvalue weighted by molar-refractivity contribution is 7.82. The molecule has 0 spiro atoms. The normalized spacial score (nSPS) is 16.0. The largest absolute Gasteiger partial charge is 0.508 e. The van der Waals surface area contributed by atoms with Crippen molar-refractivity contribution in [2.45, 2.75) is 18.0 Å². The van der Waals surface area contributed by atoms with Crippen LogP contribution in [0.15, 0.2) is 41.3 Å². The molecule has 2 aromatic rings. The second kappa shape index (κ2) is 4.81. The summed E-state index contributed by atoms with van der Waals surface area (Å²) < 4.78 is 14.2. The summed E-state index contributed by atoms with van der Waals surface area (Å²) in [5.74, 6) is -0.223. The van der Waals surface area contributed by atoms with Crippen molar-refractivity contribution in [3.63, 3.8) is 0 Å². The molecular weight excluding hydrogens is 276 g/mol. The van der Waals surface area contributed by atoms with E-state index in [0.29, 0.717) is 23.7 Å². The summed E-state index contributed by atoms with van der Waals surface area (Å²) in [6.07, 6.45) is 0. The van der Waals surface area contributed by atoms with E-state index in [0.717, 1.165) is 11.1 Å². The van der Waals surface area contributed by atoms with Crippen LogP contribution >= 0.6 is 0 Å². The molecule has 2 aromatic carbocycles. The second-order valence-electron chi connectivity index (χ2n) is 4.73. The Morgan fingerprint density at radius 2 is 1.80 bits per heavy atom. The lowest BCUT2D eigenvalue weighted by atomic mass is 10.1. The Hall–Kier alpha value is -2.05. The summed E-state index contributed by atoms with van der Waals surface area (Å²) in [5, 5.41) is 19.1. The number of nitrogen functional groups attached to an aromatic ring is 1. The average molecular weight is 290 g/mol. The van der Waals surface area contributed by atoms with Gasteiger partial charge in [0.2, 0.25) is 0 Å². The highest BCUT2D eigenvalue weighted by Gasteiger charge is 2.26.